The standard InChI is InChI=1S/C14H12N4/c1-2-3-4-13-17-11-6-5-10(9-12(11)18-13)14-15-7-8-16-14/h2-9H,1H2,(H,15,16)(H,17,18)/b4-3+. The molecule has 3 aromatic rings. The van der Waals surface area contributed by atoms with Gasteiger partial charge in [-0.1, -0.05) is 18.7 Å². The van der Waals surface area contributed by atoms with Crippen molar-refractivity contribution < 1.29 is 0 Å². The summed E-state index contributed by atoms with van der Waals surface area (Å²) in [6.45, 7) is 3.64. The largest absolute Gasteiger partial charge is 0.345 e. The van der Waals surface area contributed by atoms with Crippen LogP contribution in [0.5, 0.6) is 0 Å². The second kappa shape index (κ2) is 4.33. The van der Waals surface area contributed by atoms with Gasteiger partial charge in [-0.15, -0.1) is 0 Å². The normalized spacial score (nSPS) is 11.3. The second-order valence-electron chi connectivity index (χ2n) is 3.89. The molecule has 3 rings (SSSR count). The number of fused-ring (bicyclic) bond motifs is 1. The molecule has 0 bridgehead atoms. The molecule has 2 N–H and O–H groups in total. The van der Waals surface area contributed by atoms with Gasteiger partial charge in [0.05, 0.1) is 11.0 Å². The van der Waals surface area contributed by atoms with Gasteiger partial charge in [-0.05, 0) is 24.3 Å². The molecule has 0 fully saturated rings. The lowest BCUT2D eigenvalue weighted by molar-refractivity contribution is 1.29. The van der Waals surface area contributed by atoms with E-state index in [0.29, 0.717) is 0 Å². The first-order valence-corrected chi connectivity index (χ1v) is 5.65. The third-order valence-electron chi connectivity index (χ3n) is 2.66. The first-order chi connectivity index (χ1) is 8.86. The molecule has 2 aromatic heterocycles. The molecule has 0 saturated heterocycles. The fraction of sp³-hybridized carbons (Fsp3) is 0. The van der Waals surface area contributed by atoms with Crippen LogP contribution < -0.4 is 0 Å². The topological polar surface area (TPSA) is 57.4 Å². The van der Waals surface area contributed by atoms with Crippen molar-refractivity contribution >= 4 is 17.1 Å². The molecule has 0 atom stereocenters. The third kappa shape index (κ3) is 1.84. The van der Waals surface area contributed by atoms with Crippen molar-refractivity contribution in [1.82, 2.24) is 19.9 Å². The fourth-order valence-electron chi connectivity index (χ4n) is 1.84. The number of aromatic amines is 2. The highest BCUT2D eigenvalue weighted by Crippen LogP contribution is 2.20. The minimum absolute atomic E-state index is 0.821. The Morgan fingerprint density at radius 3 is 3.00 bits per heavy atom. The number of H-pyrrole nitrogens is 2. The van der Waals surface area contributed by atoms with E-state index < -0.39 is 0 Å². The zero-order valence-electron chi connectivity index (χ0n) is 9.72. The number of imidazole rings is 2. The summed E-state index contributed by atoms with van der Waals surface area (Å²) in [6, 6.07) is 6.02. The summed E-state index contributed by atoms with van der Waals surface area (Å²) in [5.74, 6) is 1.68. The van der Waals surface area contributed by atoms with Crippen molar-refractivity contribution in [3.8, 4) is 11.4 Å². The molecule has 18 heavy (non-hydrogen) atoms. The van der Waals surface area contributed by atoms with Crippen molar-refractivity contribution in [3.05, 3.63) is 55.1 Å². The summed E-state index contributed by atoms with van der Waals surface area (Å²) in [6.07, 6.45) is 9.02. The number of nitrogens with one attached hydrogen (secondary N) is 2. The lowest BCUT2D eigenvalue weighted by Gasteiger charge is -1.95. The maximum absolute atomic E-state index is 4.45. The molecule has 4 heteroatoms. The Hall–Kier alpha value is -2.62. The summed E-state index contributed by atoms with van der Waals surface area (Å²) in [7, 11) is 0. The van der Waals surface area contributed by atoms with Crippen molar-refractivity contribution in [3.63, 3.8) is 0 Å². The van der Waals surface area contributed by atoms with Crippen LogP contribution in [0.4, 0.5) is 0 Å². The average Bonchev–Trinajstić information content (AvgIpc) is 3.03. The Kier molecular flexibility index (Phi) is 2.53. The van der Waals surface area contributed by atoms with Crippen LogP contribution in [0.15, 0.2) is 49.3 Å². The highest BCUT2D eigenvalue weighted by molar-refractivity contribution is 5.81. The number of rotatable bonds is 3. The fourth-order valence-corrected chi connectivity index (χ4v) is 1.84. The Morgan fingerprint density at radius 2 is 2.22 bits per heavy atom. The predicted molar refractivity (Wildman–Crippen MR) is 72.9 cm³/mol. The predicted octanol–water partition coefficient (Wildman–Crippen LogP) is 3.15. The second-order valence-corrected chi connectivity index (χ2v) is 3.89. The van der Waals surface area contributed by atoms with Gasteiger partial charge in [0.1, 0.15) is 11.6 Å². The molecule has 0 radical (unpaired) electrons. The minimum Gasteiger partial charge on any atom is -0.345 e. The Labute approximate surface area is 104 Å². The Morgan fingerprint density at radius 1 is 1.28 bits per heavy atom. The van der Waals surface area contributed by atoms with Gasteiger partial charge in [-0.2, -0.15) is 0 Å². The number of benzene rings is 1. The SMILES string of the molecule is C=C/C=C/c1nc2ccc(-c3ncc[nH]3)cc2[nH]1. The zero-order valence-corrected chi connectivity index (χ0v) is 9.72. The first-order valence-electron chi connectivity index (χ1n) is 5.65. The Balaban J connectivity index is 2.07. The van der Waals surface area contributed by atoms with Gasteiger partial charge in [-0.25, -0.2) is 9.97 Å². The quantitative estimate of drug-likeness (QED) is 0.686. The van der Waals surface area contributed by atoms with Crippen LogP contribution in [0.1, 0.15) is 5.82 Å². The van der Waals surface area contributed by atoms with E-state index in [1.54, 1.807) is 12.3 Å². The average molecular weight is 236 g/mol. The van der Waals surface area contributed by atoms with E-state index >= 15 is 0 Å². The van der Waals surface area contributed by atoms with Gasteiger partial charge < -0.3 is 9.97 Å². The van der Waals surface area contributed by atoms with E-state index in [1.807, 2.05) is 36.5 Å². The minimum atomic E-state index is 0.821. The van der Waals surface area contributed by atoms with E-state index in [4.69, 9.17) is 0 Å². The highest BCUT2D eigenvalue weighted by atomic mass is 14.9. The van der Waals surface area contributed by atoms with Crippen LogP contribution in [-0.4, -0.2) is 19.9 Å². The van der Waals surface area contributed by atoms with Crippen LogP contribution in [0.3, 0.4) is 0 Å². The van der Waals surface area contributed by atoms with Crippen molar-refractivity contribution in [2.45, 2.75) is 0 Å². The molecule has 1 aromatic carbocycles. The maximum atomic E-state index is 4.45. The molecule has 0 unspecified atom stereocenters. The Bertz CT molecular complexity index is 705. The molecule has 2 heterocycles. The van der Waals surface area contributed by atoms with E-state index in [9.17, 15) is 0 Å². The van der Waals surface area contributed by atoms with Gasteiger partial charge in [0.25, 0.3) is 0 Å². The van der Waals surface area contributed by atoms with Crippen molar-refractivity contribution in [1.29, 1.82) is 0 Å². The number of allylic oxidation sites excluding steroid dienone is 2. The van der Waals surface area contributed by atoms with Gasteiger partial charge in [0.15, 0.2) is 0 Å². The van der Waals surface area contributed by atoms with Crippen LogP contribution in [0, 0.1) is 0 Å². The summed E-state index contributed by atoms with van der Waals surface area (Å²) in [4.78, 5) is 15.0. The summed E-state index contributed by atoms with van der Waals surface area (Å²) < 4.78 is 0. The van der Waals surface area contributed by atoms with Gasteiger partial charge >= 0.3 is 0 Å². The third-order valence-corrected chi connectivity index (χ3v) is 2.66. The lowest BCUT2D eigenvalue weighted by atomic mass is 10.2. The van der Waals surface area contributed by atoms with E-state index in [2.05, 4.69) is 26.5 Å². The molecule has 0 aliphatic rings. The molecule has 0 aliphatic heterocycles. The summed E-state index contributed by atoms with van der Waals surface area (Å²) in [5, 5.41) is 0. The van der Waals surface area contributed by atoms with Gasteiger partial charge in [-0.3, -0.25) is 0 Å². The molecule has 0 saturated carbocycles. The van der Waals surface area contributed by atoms with E-state index in [1.165, 1.54) is 0 Å². The number of nitrogens with zero attached hydrogens (tertiary/aromatic N) is 2. The number of hydrogen-bond acceptors (Lipinski definition) is 2. The van der Waals surface area contributed by atoms with Gasteiger partial charge in [0, 0.05) is 18.0 Å². The van der Waals surface area contributed by atoms with E-state index in [-0.39, 0.29) is 0 Å². The number of hydrogen-bond donors (Lipinski definition) is 2. The van der Waals surface area contributed by atoms with Crippen LogP contribution in [0.25, 0.3) is 28.5 Å². The van der Waals surface area contributed by atoms with Crippen LogP contribution in [0.2, 0.25) is 0 Å². The first kappa shape index (κ1) is 10.5. The molecule has 0 amide bonds. The molecular formula is C14H12N4. The molecule has 0 spiro atoms. The van der Waals surface area contributed by atoms with Crippen LogP contribution in [-0.2, 0) is 0 Å². The lowest BCUT2D eigenvalue weighted by Crippen LogP contribution is -1.80. The maximum Gasteiger partial charge on any atom is 0.137 e. The van der Waals surface area contributed by atoms with E-state index in [0.717, 1.165) is 28.2 Å². The summed E-state index contributed by atoms with van der Waals surface area (Å²) in [5.41, 5.74) is 2.97. The number of aromatic nitrogens is 4. The zero-order chi connectivity index (χ0) is 12.4. The highest BCUT2D eigenvalue weighted by Gasteiger charge is 2.04. The monoisotopic (exact) mass is 236 g/mol. The van der Waals surface area contributed by atoms with Crippen molar-refractivity contribution in [2.75, 3.05) is 0 Å². The summed E-state index contributed by atoms with van der Waals surface area (Å²) >= 11 is 0. The van der Waals surface area contributed by atoms with Crippen LogP contribution >= 0.6 is 0 Å². The smallest absolute Gasteiger partial charge is 0.137 e. The van der Waals surface area contributed by atoms with Gasteiger partial charge in [0.2, 0.25) is 0 Å². The molecule has 88 valence electrons. The van der Waals surface area contributed by atoms with Crippen molar-refractivity contribution in [2.24, 2.45) is 0 Å². The molecular weight excluding hydrogens is 224 g/mol. The molecule has 4 nitrogen and oxygen atoms in total. The molecule has 0 aliphatic carbocycles.